The maximum absolute atomic E-state index is 12.6. The second kappa shape index (κ2) is 7.25. The number of hydrogen-bond donors (Lipinski definition) is 0. The van der Waals surface area contributed by atoms with E-state index in [1.807, 2.05) is 0 Å². The minimum absolute atomic E-state index is 0.120. The molecule has 24 heavy (non-hydrogen) atoms. The summed E-state index contributed by atoms with van der Waals surface area (Å²) in [7, 11) is 1.33. The highest BCUT2D eigenvalue weighted by molar-refractivity contribution is 5.96. The van der Waals surface area contributed by atoms with Crippen molar-refractivity contribution in [2.45, 2.75) is 13.3 Å². The van der Waals surface area contributed by atoms with E-state index >= 15 is 0 Å². The first kappa shape index (κ1) is 17.7. The summed E-state index contributed by atoms with van der Waals surface area (Å²) in [4.78, 5) is 12.0. The molecule has 2 rings (SSSR count). The molecule has 0 unspecified atom stereocenters. The highest BCUT2D eigenvalue weighted by Crippen LogP contribution is 2.40. The second-order valence-electron chi connectivity index (χ2n) is 4.65. The lowest BCUT2D eigenvalue weighted by Gasteiger charge is -2.16. The standard InChI is InChI=1S/C17H15F3O4/c1-3-23-16(21)13-9-6-8-12(15(13)22-2)11-7-4-5-10-14(11)24-17(18,19)20/h4-10H,3H2,1-2H3. The molecule has 0 aliphatic rings. The van der Waals surface area contributed by atoms with Crippen LogP contribution in [0.5, 0.6) is 11.5 Å². The molecule has 128 valence electrons. The van der Waals surface area contributed by atoms with Crippen molar-refractivity contribution in [3.05, 3.63) is 48.0 Å². The average molecular weight is 340 g/mol. The molecular formula is C17H15F3O4. The van der Waals surface area contributed by atoms with Gasteiger partial charge in [-0.1, -0.05) is 30.3 Å². The van der Waals surface area contributed by atoms with E-state index in [-0.39, 0.29) is 29.2 Å². The van der Waals surface area contributed by atoms with Crippen molar-refractivity contribution in [1.29, 1.82) is 0 Å². The first-order chi connectivity index (χ1) is 11.4. The van der Waals surface area contributed by atoms with Crippen LogP contribution in [0.3, 0.4) is 0 Å². The molecule has 2 aromatic carbocycles. The third-order valence-electron chi connectivity index (χ3n) is 3.12. The minimum atomic E-state index is -4.83. The van der Waals surface area contributed by atoms with Crippen LogP contribution >= 0.6 is 0 Å². The van der Waals surface area contributed by atoms with E-state index in [1.54, 1.807) is 19.1 Å². The molecule has 0 atom stereocenters. The van der Waals surface area contributed by atoms with Crippen LogP contribution in [0.15, 0.2) is 42.5 Å². The molecule has 0 aliphatic carbocycles. The van der Waals surface area contributed by atoms with E-state index in [0.29, 0.717) is 5.56 Å². The van der Waals surface area contributed by atoms with Crippen LogP contribution in [0.4, 0.5) is 13.2 Å². The van der Waals surface area contributed by atoms with Gasteiger partial charge in [-0.05, 0) is 19.1 Å². The third kappa shape index (κ3) is 3.98. The molecule has 0 radical (unpaired) electrons. The van der Waals surface area contributed by atoms with Gasteiger partial charge in [-0.15, -0.1) is 13.2 Å². The molecule has 7 heteroatoms. The average Bonchev–Trinajstić information content (AvgIpc) is 2.53. The lowest BCUT2D eigenvalue weighted by atomic mass is 10.0. The van der Waals surface area contributed by atoms with E-state index in [2.05, 4.69) is 4.74 Å². The van der Waals surface area contributed by atoms with Crippen molar-refractivity contribution in [3.8, 4) is 22.6 Å². The molecule has 4 nitrogen and oxygen atoms in total. The van der Waals surface area contributed by atoms with Crippen LogP contribution in [0.25, 0.3) is 11.1 Å². The van der Waals surface area contributed by atoms with Crippen molar-refractivity contribution >= 4 is 5.97 Å². The van der Waals surface area contributed by atoms with Gasteiger partial charge in [-0.3, -0.25) is 0 Å². The topological polar surface area (TPSA) is 44.8 Å². The zero-order valence-electron chi connectivity index (χ0n) is 13.0. The highest BCUT2D eigenvalue weighted by Gasteiger charge is 2.32. The Labute approximate surface area is 136 Å². The molecule has 0 saturated carbocycles. The molecule has 0 spiro atoms. The van der Waals surface area contributed by atoms with Gasteiger partial charge in [0.15, 0.2) is 0 Å². The Kier molecular flexibility index (Phi) is 5.33. The van der Waals surface area contributed by atoms with Gasteiger partial charge in [0.2, 0.25) is 0 Å². The zero-order valence-corrected chi connectivity index (χ0v) is 13.0. The molecule has 0 bridgehead atoms. The van der Waals surface area contributed by atoms with Crippen molar-refractivity contribution in [3.63, 3.8) is 0 Å². The Morgan fingerprint density at radius 2 is 1.71 bits per heavy atom. The van der Waals surface area contributed by atoms with Gasteiger partial charge in [-0.25, -0.2) is 4.79 Å². The zero-order chi connectivity index (χ0) is 17.7. The van der Waals surface area contributed by atoms with E-state index in [9.17, 15) is 18.0 Å². The number of ether oxygens (including phenoxy) is 3. The van der Waals surface area contributed by atoms with Gasteiger partial charge in [0.1, 0.15) is 17.1 Å². The molecular weight excluding hydrogens is 325 g/mol. The van der Waals surface area contributed by atoms with Gasteiger partial charge in [0.25, 0.3) is 0 Å². The summed E-state index contributed by atoms with van der Waals surface area (Å²) in [5, 5.41) is 0. The first-order valence-corrected chi connectivity index (χ1v) is 7.06. The molecule has 0 heterocycles. The highest BCUT2D eigenvalue weighted by atomic mass is 19.4. The van der Waals surface area contributed by atoms with Crippen molar-refractivity contribution in [1.82, 2.24) is 0 Å². The predicted molar refractivity (Wildman–Crippen MR) is 81.1 cm³/mol. The number of hydrogen-bond acceptors (Lipinski definition) is 4. The summed E-state index contributed by atoms with van der Waals surface area (Å²) in [6, 6.07) is 10.2. The Morgan fingerprint density at radius 3 is 2.33 bits per heavy atom. The predicted octanol–water partition coefficient (Wildman–Crippen LogP) is 4.44. The smallest absolute Gasteiger partial charge is 0.495 e. The number of halogens is 3. The summed E-state index contributed by atoms with van der Waals surface area (Å²) in [6.07, 6.45) is -4.83. The number of carbonyl (C=O) groups excluding carboxylic acids is 1. The maximum atomic E-state index is 12.6. The van der Waals surface area contributed by atoms with Gasteiger partial charge in [-0.2, -0.15) is 0 Å². The van der Waals surface area contributed by atoms with Crippen molar-refractivity contribution in [2.75, 3.05) is 13.7 Å². The van der Waals surface area contributed by atoms with E-state index in [4.69, 9.17) is 9.47 Å². The van der Waals surface area contributed by atoms with E-state index in [1.165, 1.54) is 37.4 Å². The summed E-state index contributed by atoms with van der Waals surface area (Å²) in [5.41, 5.74) is 0.569. The second-order valence-corrected chi connectivity index (χ2v) is 4.65. The maximum Gasteiger partial charge on any atom is 0.573 e. The summed E-state index contributed by atoms with van der Waals surface area (Å²) < 4.78 is 52.1. The summed E-state index contributed by atoms with van der Waals surface area (Å²) >= 11 is 0. The number of benzene rings is 2. The summed E-state index contributed by atoms with van der Waals surface area (Å²) in [5.74, 6) is -0.885. The fourth-order valence-corrected chi connectivity index (χ4v) is 2.24. The van der Waals surface area contributed by atoms with Crippen LogP contribution in [-0.4, -0.2) is 26.0 Å². The van der Waals surface area contributed by atoms with Crippen molar-refractivity contribution < 1.29 is 32.2 Å². The normalized spacial score (nSPS) is 11.0. The summed E-state index contributed by atoms with van der Waals surface area (Å²) in [6.45, 7) is 1.82. The van der Waals surface area contributed by atoms with Gasteiger partial charge in [0, 0.05) is 11.1 Å². The molecule has 2 aromatic rings. The molecule has 0 amide bonds. The fraction of sp³-hybridized carbons (Fsp3) is 0.235. The SMILES string of the molecule is CCOC(=O)c1cccc(-c2ccccc2OC(F)(F)F)c1OC. The van der Waals surface area contributed by atoms with Crippen molar-refractivity contribution in [2.24, 2.45) is 0 Å². The number of esters is 1. The number of methoxy groups -OCH3 is 1. The largest absolute Gasteiger partial charge is 0.573 e. The number of carbonyl (C=O) groups is 1. The Hall–Kier alpha value is -2.70. The number of alkyl halides is 3. The Bertz CT molecular complexity index is 726. The van der Waals surface area contributed by atoms with Gasteiger partial charge in [0.05, 0.1) is 13.7 Å². The molecule has 0 N–H and O–H groups in total. The van der Waals surface area contributed by atoms with Crippen LogP contribution in [0.2, 0.25) is 0 Å². The van der Waals surface area contributed by atoms with Crippen LogP contribution in [0, 0.1) is 0 Å². The van der Waals surface area contributed by atoms with Crippen LogP contribution < -0.4 is 9.47 Å². The first-order valence-electron chi connectivity index (χ1n) is 7.06. The number of rotatable bonds is 5. The minimum Gasteiger partial charge on any atom is -0.495 e. The lowest BCUT2D eigenvalue weighted by molar-refractivity contribution is -0.274. The van der Waals surface area contributed by atoms with Gasteiger partial charge >= 0.3 is 12.3 Å². The fourth-order valence-electron chi connectivity index (χ4n) is 2.24. The quantitative estimate of drug-likeness (QED) is 0.755. The van der Waals surface area contributed by atoms with E-state index in [0.717, 1.165) is 0 Å². The Balaban J connectivity index is 2.57. The van der Waals surface area contributed by atoms with Crippen LogP contribution in [0.1, 0.15) is 17.3 Å². The molecule has 0 aliphatic heterocycles. The van der Waals surface area contributed by atoms with Gasteiger partial charge < -0.3 is 14.2 Å². The third-order valence-corrected chi connectivity index (χ3v) is 3.12. The lowest BCUT2D eigenvalue weighted by Crippen LogP contribution is -2.17. The Morgan fingerprint density at radius 1 is 1.04 bits per heavy atom. The molecule has 0 fully saturated rings. The van der Waals surface area contributed by atoms with E-state index < -0.39 is 12.3 Å². The van der Waals surface area contributed by atoms with Crippen LogP contribution in [-0.2, 0) is 4.74 Å². The monoisotopic (exact) mass is 340 g/mol. The number of para-hydroxylation sites is 2. The molecule has 0 saturated heterocycles. The molecule has 0 aromatic heterocycles.